The first-order valence-corrected chi connectivity index (χ1v) is 7.85. The van der Waals surface area contributed by atoms with Gasteiger partial charge in [-0.3, -0.25) is 19.6 Å². The van der Waals surface area contributed by atoms with Crippen molar-refractivity contribution in [3.05, 3.63) is 46.2 Å². The van der Waals surface area contributed by atoms with E-state index in [0.717, 1.165) is 0 Å². The molecule has 1 aliphatic rings. The van der Waals surface area contributed by atoms with E-state index in [1.54, 1.807) is 45.2 Å². The molecule has 0 aliphatic carbocycles. The molecule has 0 radical (unpaired) electrons. The smallest absolute Gasteiger partial charge is 0.322 e. The van der Waals surface area contributed by atoms with Gasteiger partial charge in [0.2, 0.25) is 0 Å². The number of hydrogen-bond donors (Lipinski definition) is 3. The molecule has 1 aromatic heterocycles. The maximum atomic E-state index is 12.5. The first-order chi connectivity index (χ1) is 11.7. The van der Waals surface area contributed by atoms with Crippen molar-refractivity contribution in [2.24, 2.45) is 7.05 Å². The molecule has 3 N–H and O–H groups in total. The topological polar surface area (TPSA) is 105 Å². The van der Waals surface area contributed by atoms with Crippen molar-refractivity contribution in [2.75, 3.05) is 5.32 Å². The van der Waals surface area contributed by atoms with Gasteiger partial charge in [-0.15, -0.1) is 0 Å². The molecule has 0 saturated carbocycles. The SMILES string of the molecule is Cc1nn(C)c(Cl)c1C(=O)Nc1cccc([C@@]2(C)NC(=O)NC2=O)c1. The van der Waals surface area contributed by atoms with Gasteiger partial charge >= 0.3 is 6.03 Å². The minimum Gasteiger partial charge on any atom is -0.322 e. The van der Waals surface area contributed by atoms with Gasteiger partial charge in [0.1, 0.15) is 10.7 Å². The third-order valence-electron chi connectivity index (χ3n) is 4.12. The van der Waals surface area contributed by atoms with E-state index in [0.29, 0.717) is 16.9 Å². The third kappa shape index (κ3) is 2.85. The highest BCUT2D eigenvalue weighted by Crippen LogP contribution is 2.27. The van der Waals surface area contributed by atoms with Gasteiger partial charge in [-0.2, -0.15) is 5.10 Å². The van der Waals surface area contributed by atoms with Crippen LogP contribution in [-0.2, 0) is 17.4 Å². The Kier molecular flexibility index (Phi) is 4.00. The Morgan fingerprint density at radius 1 is 1.36 bits per heavy atom. The van der Waals surface area contributed by atoms with E-state index in [1.807, 2.05) is 0 Å². The van der Waals surface area contributed by atoms with Gasteiger partial charge < -0.3 is 10.6 Å². The lowest BCUT2D eigenvalue weighted by atomic mass is 9.92. The Morgan fingerprint density at radius 2 is 2.08 bits per heavy atom. The zero-order valence-corrected chi connectivity index (χ0v) is 14.6. The number of halogens is 1. The van der Waals surface area contributed by atoms with Crippen LogP contribution in [0, 0.1) is 6.92 Å². The molecular weight excluding hydrogens is 346 g/mol. The Morgan fingerprint density at radius 3 is 2.64 bits per heavy atom. The summed E-state index contributed by atoms with van der Waals surface area (Å²) < 4.78 is 1.42. The number of rotatable bonds is 3. The van der Waals surface area contributed by atoms with Crippen LogP contribution in [0.4, 0.5) is 10.5 Å². The van der Waals surface area contributed by atoms with Crippen LogP contribution < -0.4 is 16.0 Å². The van der Waals surface area contributed by atoms with Crippen molar-refractivity contribution >= 4 is 35.1 Å². The van der Waals surface area contributed by atoms with Crippen LogP contribution in [0.2, 0.25) is 5.15 Å². The molecule has 1 aromatic carbocycles. The molecule has 1 aliphatic heterocycles. The summed E-state index contributed by atoms with van der Waals surface area (Å²) in [6.07, 6.45) is 0. The molecule has 0 unspecified atom stereocenters. The lowest BCUT2D eigenvalue weighted by Crippen LogP contribution is -2.40. The van der Waals surface area contributed by atoms with Crippen molar-refractivity contribution in [1.82, 2.24) is 20.4 Å². The second-order valence-corrected chi connectivity index (χ2v) is 6.30. The van der Waals surface area contributed by atoms with Gasteiger partial charge in [-0.1, -0.05) is 23.7 Å². The number of benzene rings is 1. The van der Waals surface area contributed by atoms with Gasteiger partial charge in [-0.25, -0.2) is 4.79 Å². The van der Waals surface area contributed by atoms with Gasteiger partial charge in [-0.05, 0) is 31.5 Å². The molecule has 2 aromatic rings. The summed E-state index contributed by atoms with van der Waals surface area (Å²) in [7, 11) is 1.65. The van der Waals surface area contributed by atoms with Gasteiger partial charge in [0.15, 0.2) is 0 Å². The Labute approximate surface area is 148 Å². The Balaban J connectivity index is 1.89. The Bertz CT molecular complexity index is 907. The summed E-state index contributed by atoms with van der Waals surface area (Å²) in [6.45, 7) is 3.28. The average Bonchev–Trinajstić information content (AvgIpc) is 2.95. The number of amides is 4. The number of nitrogens with zero attached hydrogens (tertiary/aromatic N) is 2. The number of aryl methyl sites for hydroxylation is 2. The van der Waals surface area contributed by atoms with Crippen molar-refractivity contribution in [1.29, 1.82) is 0 Å². The van der Waals surface area contributed by atoms with E-state index in [-0.39, 0.29) is 10.7 Å². The van der Waals surface area contributed by atoms with Crippen molar-refractivity contribution in [3.63, 3.8) is 0 Å². The zero-order chi connectivity index (χ0) is 18.4. The summed E-state index contributed by atoms with van der Waals surface area (Å²) in [5.41, 5.74) is 0.613. The number of nitrogens with one attached hydrogen (secondary N) is 3. The molecule has 1 atom stereocenters. The molecule has 130 valence electrons. The van der Waals surface area contributed by atoms with Gasteiger partial charge in [0, 0.05) is 12.7 Å². The van der Waals surface area contributed by atoms with E-state index in [1.165, 1.54) is 4.68 Å². The normalized spacial score (nSPS) is 19.5. The quantitative estimate of drug-likeness (QED) is 0.723. The van der Waals surface area contributed by atoms with Crippen LogP contribution in [0.25, 0.3) is 0 Å². The summed E-state index contributed by atoms with van der Waals surface area (Å²) in [4.78, 5) is 36.0. The van der Waals surface area contributed by atoms with E-state index in [9.17, 15) is 14.4 Å². The second kappa shape index (κ2) is 5.89. The first-order valence-electron chi connectivity index (χ1n) is 7.47. The summed E-state index contributed by atoms with van der Waals surface area (Å²) in [5, 5.41) is 11.9. The fourth-order valence-corrected chi connectivity index (χ4v) is 3.00. The van der Waals surface area contributed by atoms with Gasteiger partial charge in [0.25, 0.3) is 11.8 Å². The zero-order valence-electron chi connectivity index (χ0n) is 13.8. The minimum atomic E-state index is -1.19. The summed E-state index contributed by atoms with van der Waals surface area (Å²) in [6, 6.07) is 6.14. The maximum absolute atomic E-state index is 12.5. The lowest BCUT2D eigenvalue weighted by molar-refractivity contribution is -0.123. The van der Waals surface area contributed by atoms with E-state index in [4.69, 9.17) is 11.6 Å². The summed E-state index contributed by atoms with van der Waals surface area (Å²) in [5.74, 6) is -0.857. The molecule has 1 saturated heterocycles. The van der Waals surface area contributed by atoms with Crippen LogP contribution in [0.1, 0.15) is 28.5 Å². The number of carbonyl (C=O) groups is 3. The predicted molar refractivity (Wildman–Crippen MR) is 91.4 cm³/mol. The highest BCUT2D eigenvalue weighted by Gasteiger charge is 2.43. The van der Waals surface area contributed by atoms with Crippen LogP contribution >= 0.6 is 11.6 Å². The minimum absolute atomic E-state index is 0.237. The van der Waals surface area contributed by atoms with E-state index < -0.39 is 23.4 Å². The molecule has 9 heteroatoms. The van der Waals surface area contributed by atoms with Gasteiger partial charge in [0.05, 0.1) is 11.3 Å². The number of carbonyl (C=O) groups excluding carboxylic acids is 3. The van der Waals surface area contributed by atoms with Crippen LogP contribution in [0.3, 0.4) is 0 Å². The summed E-state index contributed by atoms with van der Waals surface area (Å²) >= 11 is 6.11. The number of anilines is 1. The third-order valence-corrected chi connectivity index (χ3v) is 4.56. The maximum Gasteiger partial charge on any atom is 0.322 e. The first kappa shape index (κ1) is 17.0. The van der Waals surface area contributed by atoms with Crippen molar-refractivity contribution in [3.8, 4) is 0 Å². The average molecular weight is 362 g/mol. The number of aromatic nitrogens is 2. The second-order valence-electron chi connectivity index (χ2n) is 5.94. The van der Waals surface area contributed by atoms with Crippen molar-refractivity contribution < 1.29 is 14.4 Å². The molecule has 0 spiro atoms. The molecule has 8 nitrogen and oxygen atoms in total. The fourth-order valence-electron chi connectivity index (χ4n) is 2.74. The largest absolute Gasteiger partial charge is 0.322 e. The number of imide groups is 1. The van der Waals surface area contributed by atoms with Crippen LogP contribution in [0.15, 0.2) is 24.3 Å². The van der Waals surface area contributed by atoms with Crippen LogP contribution in [0.5, 0.6) is 0 Å². The van der Waals surface area contributed by atoms with Crippen LogP contribution in [-0.4, -0.2) is 27.6 Å². The number of urea groups is 1. The highest BCUT2D eigenvalue weighted by atomic mass is 35.5. The molecule has 1 fully saturated rings. The molecule has 0 bridgehead atoms. The standard InChI is InChI=1S/C16H16ClN5O3/c1-8-11(12(17)22(3)21-8)13(23)18-10-6-4-5-9(7-10)16(2)14(24)19-15(25)20-16/h4-7H,1-3H3,(H,18,23)(H2,19,20,24,25)/t16-/m1/s1. The fraction of sp³-hybridized carbons (Fsp3) is 0.250. The number of hydrogen-bond acceptors (Lipinski definition) is 4. The Hall–Kier alpha value is -2.87. The van der Waals surface area contributed by atoms with E-state index in [2.05, 4.69) is 21.0 Å². The van der Waals surface area contributed by atoms with Crippen molar-refractivity contribution in [2.45, 2.75) is 19.4 Å². The monoisotopic (exact) mass is 361 g/mol. The molecule has 2 heterocycles. The van der Waals surface area contributed by atoms with E-state index >= 15 is 0 Å². The lowest BCUT2D eigenvalue weighted by Gasteiger charge is -2.21. The highest BCUT2D eigenvalue weighted by molar-refractivity contribution is 6.33. The predicted octanol–water partition coefficient (Wildman–Crippen LogP) is 1.69. The molecule has 25 heavy (non-hydrogen) atoms. The molecular formula is C16H16ClN5O3. The molecule has 4 amide bonds. The molecule has 3 rings (SSSR count).